The lowest BCUT2D eigenvalue weighted by Crippen LogP contribution is -1.80. The molecule has 1 aromatic heterocycles. The Morgan fingerprint density at radius 1 is 1.21 bits per heavy atom. The summed E-state index contributed by atoms with van der Waals surface area (Å²) in [6, 6.07) is 10.3. The zero-order valence-corrected chi connectivity index (χ0v) is 8.44. The highest BCUT2D eigenvalue weighted by atomic mass is 15.5. The number of hydrogen-bond acceptors (Lipinski definition) is 3. The van der Waals surface area contributed by atoms with Crippen LogP contribution in [0.4, 0.5) is 0 Å². The van der Waals surface area contributed by atoms with Crippen LogP contribution in [0.5, 0.6) is 0 Å². The van der Waals surface area contributed by atoms with E-state index in [1.54, 1.807) is 0 Å². The van der Waals surface area contributed by atoms with E-state index in [9.17, 15) is 0 Å². The third-order valence-electron chi connectivity index (χ3n) is 1.65. The molecule has 2 rings (SSSR count). The Morgan fingerprint density at radius 2 is 1.93 bits per heavy atom. The maximum absolute atomic E-state index is 3.69. The number of benzene rings is 1. The first kappa shape index (κ1) is 10.4. The molecule has 0 atom stereocenters. The van der Waals surface area contributed by atoms with Crippen LogP contribution >= 0.6 is 0 Å². The number of hydrogen-bond donors (Lipinski definition) is 1. The molecule has 0 amide bonds. The standard InChI is InChI=1S/C7H8.C3H6N4/c1-7-5-3-2-4-6-7;1-2-3-4-6-7-5-3/h2-6H,1H3;2H2,1H3,(H,4,5,6,7). The number of H-pyrrole nitrogens is 1. The molecule has 0 aliphatic carbocycles. The Kier molecular flexibility index (Phi) is 4.34. The monoisotopic (exact) mass is 190 g/mol. The lowest BCUT2D eigenvalue weighted by molar-refractivity contribution is 0.881. The number of nitrogens with zero attached hydrogens (tertiary/aromatic N) is 3. The van der Waals surface area contributed by atoms with Gasteiger partial charge in [-0.05, 0) is 6.92 Å². The Labute approximate surface area is 83.4 Å². The van der Waals surface area contributed by atoms with Crippen LogP contribution in [0, 0.1) is 6.92 Å². The molecule has 1 heterocycles. The van der Waals surface area contributed by atoms with Gasteiger partial charge in [0.25, 0.3) is 0 Å². The van der Waals surface area contributed by atoms with Crippen molar-refractivity contribution in [1.82, 2.24) is 20.6 Å². The number of nitrogens with one attached hydrogen (secondary N) is 1. The Morgan fingerprint density at radius 3 is 2.21 bits per heavy atom. The molecule has 4 nitrogen and oxygen atoms in total. The summed E-state index contributed by atoms with van der Waals surface area (Å²) < 4.78 is 0. The van der Waals surface area contributed by atoms with E-state index >= 15 is 0 Å². The summed E-state index contributed by atoms with van der Waals surface area (Å²) in [7, 11) is 0. The summed E-state index contributed by atoms with van der Waals surface area (Å²) in [5, 5.41) is 13.1. The van der Waals surface area contributed by atoms with Crippen molar-refractivity contribution < 1.29 is 0 Å². The summed E-state index contributed by atoms with van der Waals surface area (Å²) in [5.74, 6) is 0.764. The minimum absolute atomic E-state index is 0.764. The molecule has 0 aliphatic heterocycles. The van der Waals surface area contributed by atoms with E-state index < -0.39 is 0 Å². The van der Waals surface area contributed by atoms with E-state index in [4.69, 9.17) is 0 Å². The quantitative estimate of drug-likeness (QED) is 0.745. The molecule has 0 radical (unpaired) electrons. The van der Waals surface area contributed by atoms with Gasteiger partial charge < -0.3 is 0 Å². The fraction of sp³-hybridized carbons (Fsp3) is 0.300. The molecule has 0 spiro atoms. The molecule has 0 aliphatic rings. The average molecular weight is 190 g/mol. The van der Waals surface area contributed by atoms with Gasteiger partial charge in [-0.3, -0.25) is 0 Å². The largest absolute Gasteiger partial charge is 0.177 e. The molecule has 1 N–H and O–H groups in total. The van der Waals surface area contributed by atoms with Crippen molar-refractivity contribution in [3.8, 4) is 0 Å². The Balaban J connectivity index is 0.000000140. The third kappa shape index (κ3) is 3.80. The van der Waals surface area contributed by atoms with Crippen LogP contribution < -0.4 is 0 Å². The molecule has 0 saturated heterocycles. The highest BCUT2D eigenvalue weighted by Crippen LogP contribution is 1.92. The first-order valence-corrected chi connectivity index (χ1v) is 4.57. The summed E-state index contributed by atoms with van der Waals surface area (Å²) in [5.41, 5.74) is 1.32. The average Bonchev–Trinajstić information content (AvgIpc) is 2.72. The van der Waals surface area contributed by atoms with E-state index in [0.717, 1.165) is 12.2 Å². The predicted octanol–water partition coefficient (Wildman–Crippen LogP) is 1.76. The summed E-state index contributed by atoms with van der Waals surface area (Å²) in [4.78, 5) is 0. The molecule has 0 fully saturated rings. The lowest BCUT2D eigenvalue weighted by Gasteiger charge is -1.82. The van der Waals surface area contributed by atoms with Gasteiger partial charge in [0.05, 0.1) is 0 Å². The summed E-state index contributed by atoms with van der Waals surface area (Å²) in [6.45, 7) is 4.06. The van der Waals surface area contributed by atoms with Crippen LogP contribution in [0.3, 0.4) is 0 Å². The highest BCUT2D eigenvalue weighted by molar-refractivity contribution is 5.11. The minimum atomic E-state index is 0.764. The molecule has 4 heteroatoms. The Hall–Kier alpha value is -1.71. The van der Waals surface area contributed by atoms with E-state index in [2.05, 4.69) is 39.7 Å². The smallest absolute Gasteiger partial charge is 0.174 e. The molecule has 2 aromatic rings. The number of tetrazole rings is 1. The van der Waals surface area contributed by atoms with Crippen molar-refractivity contribution in [2.24, 2.45) is 0 Å². The van der Waals surface area contributed by atoms with Crippen LogP contribution in [0.15, 0.2) is 30.3 Å². The van der Waals surface area contributed by atoms with Crippen LogP contribution in [0.1, 0.15) is 18.3 Å². The maximum atomic E-state index is 3.69. The van der Waals surface area contributed by atoms with Gasteiger partial charge in [0, 0.05) is 6.42 Å². The molecule has 74 valence electrons. The number of aromatic amines is 1. The van der Waals surface area contributed by atoms with Crippen LogP contribution in [-0.2, 0) is 6.42 Å². The van der Waals surface area contributed by atoms with Crippen molar-refractivity contribution in [1.29, 1.82) is 0 Å². The third-order valence-corrected chi connectivity index (χ3v) is 1.65. The zero-order chi connectivity index (χ0) is 10.2. The van der Waals surface area contributed by atoms with E-state index in [1.165, 1.54) is 5.56 Å². The van der Waals surface area contributed by atoms with E-state index in [0.29, 0.717) is 0 Å². The SMILES string of the molecule is CCc1nn[nH]n1.Cc1ccccc1. The van der Waals surface area contributed by atoms with Crippen molar-refractivity contribution >= 4 is 0 Å². The molecule has 1 aromatic carbocycles. The van der Waals surface area contributed by atoms with Crippen LogP contribution in [0.25, 0.3) is 0 Å². The normalized spacial score (nSPS) is 9.00. The highest BCUT2D eigenvalue weighted by Gasteiger charge is 1.87. The molecular weight excluding hydrogens is 176 g/mol. The summed E-state index contributed by atoms with van der Waals surface area (Å²) >= 11 is 0. The van der Waals surface area contributed by atoms with Gasteiger partial charge in [0.1, 0.15) is 0 Å². The van der Waals surface area contributed by atoms with Crippen molar-refractivity contribution in [3.63, 3.8) is 0 Å². The van der Waals surface area contributed by atoms with Gasteiger partial charge in [-0.25, -0.2) is 0 Å². The van der Waals surface area contributed by atoms with Crippen molar-refractivity contribution in [3.05, 3.63) is 41.7 Å². The zero-order valence-electron chi connectivity index (χ0n) is 8.44. The Bertz CT molecular complexity index is 328. The first-order chi connectivity index (χ1) is 6.83. The van der Waals surface area contributed by atoms with E-state index in [-0.39, 0.29) is 0 Å². The minimum Gasteiger partial charge on any atom is -0.177 e. The first-order valence-electron chi connectivity index (χ1n) is 4.57. The molecule has 14 heavy (non-hydrogen) atoms. The van der Waals surface area contributed by atoms with Crippen LogP contribution in [-0.4, -0.2) is 20.6 Å². The number of rotatable bonds is 1. The fourth-order valence-electron chi connectivity index (χ4n) is 0.867. The molecule has 0 saturated carbocycles. The van der Waals surface area contributed by atoms with Gasteiger partial charge in [0.2, 0.25) is 0 Å². The second kappa shape index (κ2) is 5.85. The maximum Gasteiger partial charge on any atom is 0.174 e. The van der Waals surface area contributed by atoms with Gasteiger partial charge in [-0.2, -0.15) is 5.21 Å². The second-order valence-corrected chi connectivity index (χ2v) is 2.84. The lowest BCUT2D eigenvalue weighted by atomic mass is 10.2. The van der Waals surface area contributed by atoms with Gasteiger partial charge in [0.15, 0.2) is 5.82 Å². The van der Waals surface area contributed by atoms with Gasteiger partial charge in [-0.1, -0.05) is 48.0 Å². The molecular formula is C10H14N4. The number of aromatic nitrogens is 4. The molecule has 0 unspecified atom stereocenters. The number of aryl methyl sites for hydroxylation is 2. The fourth-order valence-corrected chi connectivity index (χ4v) is 0.867. The predicted molar refractivity (Wildman–Crippen MR) is 54.7 cm³/mol. The van der Waals surface area contributed by atoms with E-state index in [1.807, 2.05) is 25.1 Å². The van der Waals surface area contributed by atoms with Gasteiger partial charge in [-0.15, -0.1) is 10.2 Å². The second-order valence-electron chi connectivity index (χ2n) is 2.84. The molecule has 0 bridgehead atoms. The van der Waals surface area contributed by atoms with Crippen LogP contribution in [0.2, 0.25) is 0 Å². The van der Waals surface area contributed by atoms with Gasteiger partial charge >= 0.3 is 0 Å². The van der Waals surface area contributed by atoms with Crippen molar-refractivity contribution in [2.75, 3.05) is 0 Å². The van der Waals surface area contributed by atoms with Crippen molar-refractivity contribution in [2.45, 2.75) is 20.3 Å². The summed E-state index contributed by atoms with van der Waals surface area (Å²) in [6.07, 6.45) is 0.844. The topological polar surface area (TPSA) is 54.5 Å².